The van der Waals surface area contributed by atoms with Crippen LogP contribution in [0.1, 0.15) is 20.3 Å². The molecule has 0 atom stereocenters. The van der Waals surface area contributed by atoms with Crippen LogP contribution in [0.4, 0.5) is 5.69 Å². The third-order valence-electron chi connectivity index (χ3n) is 3.60. The summed E-state index contributed by atoms with van der Waals surface area (Å²) in [4.78, 5) is 24.8. The highest BCUT2D eigenvalue weighted by Crippen LogP contribution is 2.30. The first-order valence-electron chi connectivity index (χ1n) is 7.67. The van der Waals surface area contributed by atoms with Crippen molar-refractivity contribution >= 4 is 17.5 Å². The highest BCUT2D eigenvalue weighted by Gasteiger charge is 2.36. The van der Waals surface area contributed by atoms with Gasteiger partial charge >= 0.3 is 0 Å². The van der Waals surface area contributed by atoms with Gasteiger partial charge in [-0.3, -0.25) is 9.59 Å². The monoisotopic (exact) mass is 338 g/mol. The number of hydrogen-bond acceptors (Lipinski definition) is 5. The van der Waals surface area contributed by atoms with Gasteiger partial charge in [-0.1, -0.05) is 0 Å². The van der Waals surface area contributed by atoms with E-state index in [1.807, 2.05) is 0 Å². The molecule has 0 radical (unpaired) electrons. The van der Waals surface area contributed by atoms with Gasteiger partial charge in [-0.2, -0.15) is 0 Å². The van der Waals surface area contributed by atoms with E-state index in [1.54, 1.807) is 39.2 Å². The zero-order chi connectivity index (χ0) is 18.2. The molecule has 0 heterocycles. The van der Waals surface area contributed by atoms with Crippen LogP contribution in [0.2, 0.25) is 0 Å². The van der Waals surface area contributed by atoms with E-state index in [0.717, 1.165) is 0 Å². The largest absolute Gasteiger partial charge is 0.497 e. The zero-order valence-electron chi connectivity index (χ0n) is 14.9. The van der Waals surface area contributed by atoms with Gasteiger partial charge in [0.15, 0.2) is 0 Å². The zero-order valence-corrected chi connectivity index (χ0v) is 14.9. The minimum Gasteiger partial charge on any atom is -0.497 e. The van der Waals surface area contributed by atoms with E-state index in [4.69, 9.17) is 14.2 Å². The van der Waals surface area contributed by atoms with E-state index in [9.17, 15) is 9.59 Å². The van der Waals surface area contributed by atoms with E-state index in [0.29, 0.717) is 36.8 Å². The van der Waals surface area contributed by atoms with Crippen molar-refractivity contribution in [1.29, 1.82) is 0 Å². The first-order valence-corrected chi connectivity index (χ1v) is 7.67. The minimum atomic E-state index is -1.23. The van der Waals surface area contributed by atoms with Crippen molar-refractivity contribution in [3.8, 4) is 11.5 Å². The van der Waals surface area contributed by atoms with Gasteiger partial charge < -0.3 is 24.8 Å². The van der Waals surface area contributed by atoms with E-state index in [-0.39, 0.29) is 5.91 Å². The standard InChI is InChI=1S/C17H26N2O5/c1-17(2,15(20)18-9-6-10-22-3)16(21)19-13-11-12(23-4)7-8-14(13)24-5/h7-8,11H,6,9-10H2,1-5H3,(H,18,20)(H,19,21). The molecular formula is C17H26N2O5. The van der Waals surface area contributed by atoms with E-state index < -0.39 is 11.3 Å². The summed E-state index contributed by atoms with van der Waals surface area (Å²) < 4.78 is 15.3. The highest BCUT2D eigenvalue weighted by molar-refractivity contribution is 6.10. The normalized spacial score (nSPS) is 10.9. The lowest BCUT2D eigenvalue weighted by Crippen LogP contribution is -2.45. The van der Waals surface area contributed by atoms with Crippen LogP contribution in [0, 0.1) is 5.41 Å². The number of methoxy groups -OCH3 is 3. The molecule has 2 N–H and O–H groups in total. The maximum atomic E-state index is 12.5. The summed E-state index contributed by atoms with van der Waals surface area (Å²) in [6.45, 7) is 4.14. The van der Waals surface area contributed by atoms with Gasteiger partial charge in [0.2, 0.25) is 11.8 Å². The van der Waals surface area contributed by atoms with Gasteiger partial charge in [0, 0.05) is 26.3 Å². The molecular weight excluding hydrogens is 312 g/mol. The summed E-state index contributed by atoms with van der Waals surface area (Å²) in [5, 5.41) is 5.47. The number of ether oxygens (including phenoxy) is 3. The summed E-state index contributed by atoms with van der Waals surface area (Å²) >= 11 is 0. The molecule has 0 fully saturated rings. The quantitative estimate of drug-likeness (QED) is 0.530. The van der Waals surface area contributed by atoms with Crippen molar-refractivity contribution in [2.24, 2.45) is 5.41 Å². The van der Waals surface area contributed by atoms with Crippen LogP contribution in [0.25, 0.3) is 0 Å². The van der Waals surface area contributed by atoms with Crippen molar-refractivity contribution in [2.45, 2.75) is 20.3 Å². The smallest absolute Gasteiger partial charge is 0.239 e. The second-order valence-electron chi connectivity index (χ2n) is 5.75. The lowest BCUT2D eigenvalue weighted by Gasteiger charge is -2.23. The van der Waals surface area contributed by atoms with E-state index in [1.165, 1.54) is 14.2 Å². The molecule has 24 heavy (non-hydrogen) atoms. The number of benzene rings is 1. The van der Waals surface area contributed by atoms with Crippen LogP contribution >= 0.6 is 0 Å². The molecule has 0 bridgehead atoms. The molecule has 2 amide bonds. The van der Waals surface area contributed by atoms with Crippen LogP contribution in [0.15, 0.2) is 18.2 Å². The van der Waals surface area contributed by atoms with E-state index >= 15 is 0 Å². The average Bonchev–Trinajstić information content (AvgIpc) is 2.58. The predicted octanol–water partition coefficient (Wildman–Crippen LogP) is 1.82. The SMILES string of the molecule is COCCCNC(=O)C(C)(C)C(=O)Nc1cc(OC)ccc1OC. The van der Waals surface area contributed by atoms with Gasteiger partial charge in [-0.25, -0.2) is 0 Å². The Bertz CT molecular complexity index is 572. The Morgan fingerprint density at radius 3 is 2.38 bits per heavy atom. The van der Waals surface area contributed by atoms with Crippen LogP contribution in [-0.2, 0) is 14.3 Å². The second kappa shape index (κ2) is 9.12. The second-order valence-corrected chi connectivity index (χ2v) is 5.75. The minimum absolute atomic E-state index is 0.349. The van der Waals surface area contributed by atoms with Crippen LogP contribution in [-0.4, -0.2) is 46.3 Å². The van der Waals surface area contributed by atoms with Crippen molar-refractivity contribution in [3.05, 3.63) is 18.2 Å². The highest BCUT2D eigenvalue weighted by atomic mass is 16.5. The third-order valence-corrected chi connectivity index (χ3v) is 3.60. The molecule has 0 saturated heterocycles. The number of carbonyl (C=O) groups is 2. The first kappa shape index (κ1) is 19.8. The Balaban J connectivity index is 2.79. The Morgan fingerprint density at radius 1 is 1.08 bits per heavy atom. The number of carbonyl (C=O) groups excluding carboxylic acids is 2. The van der Waals surface area contributed by atoms with E-state index in [2.05, 4.69) is 10.6 Å². The molecule has 0 saturated carbocycles. The topological polar surface area (TPSA) is 85.9 Å². The van der Waals surface area contributed by atoms with Gasteiger partial charge in [0.05, 0.1) is 19.9 Å². The Labute approximate surface area is 142 Å². The fourth-order valence-corrected chi connectivity index (χ4v) is 1.93. The maximum absolute atomic E-state index is 12.5. The number of amides is 2. The molecule has 1 rings (SSSR count). The molecule has 7 heteroatoms. The Hall–Kier alpha value is -2.28. The molecule has 1 aromatic rings. The van der Waals surface area contributed by atoms with Crippen molar-refractivity contribution in [3.63, 3.8) is 0 Å². The number of rotatable bonds is 9. The lowest BCUT2D eigenvalue weighted by molar-refractivity contribution is -0.138. The molecule has 1 aromatic carbocycles. The summed E-state index contributed by atoms with van der Waals surface area (Å²) in [5.41, 5.74) is -0.789. The van der Waals surface area contributed by atoms with Gasteiger partial charge in [0.25, 0.3) is 0 Å². The van der Waals surface area contributed by atoms with Crippen molar-refractivity contribution in [1.82, 2.24) is 5.32 Å². The first-order chi connectivity index (χ1) is 11.4. The third kappa shape index (κ3) is 5.13. The fourth-order valence-electron chi connectivity index (χ4n) is 1.93. The lowest BCUT2D eigenvalue weighted by atomic mass is 9.91. The predicted molar refractivity (Wildman–Crippen MR) is 91.5 cm³/mol. The van der Waals surface area contributed by atoms with Crippen molar-refractivity contribution < 1.29 is 23.8 Å². The fraction of sp³-hybridized carbons (Fsp3) is 0.529. The number of hydrogen-bond donors (Lipinski definition) is 2. The van der Waals surface area contributed by atoms with Gasteiger partial charge in [-0.15, -0.1) is 0 Å². The molecule has 0 aromatic heterocycles. The van der Waals surface area contributed by atoms with Gasteiger partial charge in [-0.05, 0) is 32.4 Å². The molecule has 0 aliphatic carbocycles. The Kier molecular flexibility index (Phi) is 7.51. The molecule has 0 spiro atoms. The molecule has 0 unspecified atom stereocenters. The van der Waals surface area contributed by atoms with Gasteiger partial charge in [0.1, 0.15) is 16.9 Å². The Morgan fingerprint density at radius 2 is 1.79 bits per heavy atom. The summed E-state index contributed by atoms with van der Waals surface area (Å²) in [6.07, 6.45) is 0.684. The summed E-state index contributed by atoms with van der Waals surface area (Å²) in [7, 11) is 4.64. The van der Waals surface area contributed by atoms with Crippen LogP contribution in [0.3, 0.4) is 0 Å². The van der Waals surface area contributed by atoms with Crippen LogP contribution < -0.4 is 20.1 Å². The molecule has 0 aliphatic heterocycles. The summed E-state index contributed by atoms with van der Waals surface area (Å²) in [5.74, 6) is 0.282. The maximum Gasteiger partial charge on any atom is 0.239 e. The van der Waals surface area contributed by atoms with Crippen molar-refractivity contribution in [2.75, 3.05) is 39.8 Å². The molecule has 0 aliphatic rings. The average molecular weight is 338 g/mol. The van der Waals surface area contributed by atoms with Crippen LogP contribution in [0.5, 0.6) is 11.5 Å². The molecule has 134 valence electrons. The number of anilines is 1. The molecule has 7 nitrogen and oxygen atoms in total. The summed E-state index contributed by atoms with van der Waals surface area (Å²) in [6, 6.07) is 5.05. The number of nitrogens with one attached hydrogen (secondary N) is 2.